The van der Waals surface area contributed by atoms with Gasteiger partial charge in [0, 0.05) is 19.2 Å². The van der Waals surface area contributed by atoms with Crippen LogP contribution >= 0.6 is 0 Å². The summed E-state index contributed by atoms with van der Waals surface area (Å²) in [5.41, 5.74) is 0.973. The minimum Gasteiger partial charge on any atom is -0.360 e. The van der Waals surface area contributed by atoms with E-state index in [1.807, 2.05) is 12.1 Å². The Kier molecular flexibility index (Phi) is 6.68. The molecule has 1 aromatic rings. The van der Waals surface area contributed by atoms with Gasteiger partial charge in [-0.25, -0.2) is 0 Å². The molecule has 0 aromatic carbocycles. The highest BCUT2D eigenvalue weighted by atomic mass is 16.5. The molecule has 1 rings (SSSR count). The molecular formula is C14H25N3O. The second-order valence-electron chi connectivity index (χ2n) is 4.93. The van der Waals surface area contributed by atoms with Crippen molar-refractivity contribution in [3.63, 3.8) is 0 Å². The molecule has 0 unspecified atom stereocenters. The van der Waals surface area contributed by atoms with E-state index in [4.69, 9.17) is 4.52 Å². The first-order valence-electron chi connectivity index (χ1n) is 6.64. The molecule has 1 heterocycles. The minimum atomic E-state index is 0.652. The van der Waals surface area contributed by atoms with Crippen LogP contribution in [0.5, 0.6) is 0 Å². The van der Waals surface area contributed by atoms with Crippen molar-refractivity contribution in [2.24, 2.45) is 5.92 Å². The van der Waals surface area contributed by atoms with E-state index in [-0.39, 0.29) is 0 Å². The summed E-state index contributed by atoms with van der Waals surface area (Å²) >= 11 is 0. The summed E-state index contributed by atoms with van der Waals surface area (Å²) < 4.78 is 5.33. The molecule has 0 aliphatic carbocycles. The molecule has 1 aromatic heterocycles. The van der Waals surface area contributed by atoms with Crippen molar-refractivity contribution in [2.45, 2.75) is 33.9 Å². The lowest BCUT2D eigenvalue weighted by Crippen LogP contribution is -2.22. The van der Waals surface area contributed by atoms with Crippen LogP contribution in [0.15, 0.2) is 23.2 Å². The van der Waals surface area contributed by atoms with E-state index >= 15 is 0 Å². The van der Waals surface area contributed by atoms with Crippen LogP contribution in [0.2, 0.25) is 0 Å². The first-order valence-corrected chi connectivity index (χ1v) is 6.64. The highest BCUT2D eigenvalue weighted by Gasteiger charge is 2.08. The van der Waals surface area contributed by atoms with Crippen molar-refractivity contribution in [2.75, 3.05) is 19.6 Å². The van der Waals surface area contributed by atoms with Crippen LogP contribution in [-0.2, 0) is 13.1 Å². The van der Waals surface area contributed by atoms with Gasteiger partial charge in [-0.1, -0.05) is 32.0 Å². The van der Waals surface area contributed by atoms with E-state index in [1.165, 1.54) is 0 Å². The zero-order valence-corrected chi connectivity index (χ0v) is 11.8. The summed E-state index contributed by atoms with van der Waals surface area (Å²) in [5.74, 6) is 1.57. The molecule has 4 heteroatoms. The number of nitrogens with zero attached hydrogens (tertiary/aromatic N) is 2. The summed E-state index contributed by atoms with van der Waals surface area (Å²) in [5, 5.41) is 7.43. The molecule has 1 N–H and O–H groups in total. The van der Waals surface area contributed by atoms with Crippen LogP contribution in [0.1, 0.15) is 32.2 Å². The van der Waals surface area contributed by atoms with Gasteiger partial charge in [-0.05, 0) is 19.0 Å². The number of rotatable bonds is 9. The van der Waals surface area contributed by atoms with Crippen LogP contribution in [0, 0.1) is 5.92 Å². The van der Waals surface area contributed by atoms with Crippen molar-refractivity contribution < 1.29 is 4.52 Å². The third-order valence-corrected chi connectivity index (χ3v) is 2.68. The van der Waals surface area contributed by atoms with E-state index in [0.29, 0.717) is 5.92 Å². The van der Waals surface area contributed by atoms with Crippen molar-refractivity contribution in [3.8, 4) is 0 Å². The number of nitrogens with one attached hydrogen (secondary N) is 1. The van der Waals surface area contributed by atoms with Gasteiger partial charge in [0.05, 0.1) is 12.2 Å². The Morgan fingerprint density at radius 2 is 2.33 bits per heavy atom. The maximum Gasteiger partial charge on any atom is 0.151 e. The zero-order valence-electron chi connectivity index (χ0n) is 11.8. The quantitative estimate of drug-likeness (QED) is 0.684. The van der Waals surface area contributed by atoms with E-state index in [9.17, 15) is 0 Å². The van der Waals surface area contributed by atoms with Gasteiger partial charge in [-0.3, -0.25) is 4.90 Å². The molecule has 0 spiro atoms. The third kappa shape index (κ3) is 5.47. The Morgan fingerprint density at radius 3 is 2.94 bits per heavy atom. The summed E-state index contributed by atoms with van der Waals surface area (Å²) in [6.07, 6.45) is 1.91. The van der Waals surface area contributed by atoms with Gasteiger partial charge in [0.25, 0.3) is 0 Å². The fraction of sp³-hybridized carbons (Fsp3) is 0.643. The molecule has 0 bridgehead atoms. The molecule has 0 fully saturated rings. The third-order valence-electron chi connectivity index (χ3n) is 2.68. The van der Waals surface area contributed by atoms with Crippen molar-refractivity contribution >= 4 is 0 Å². The van der Waals surface area contributed by atoms with Crippen LogP contribution in [0.3, 0.4) is 0 Å². The average molecular weight is 251 g/mol. The van der Waals surface area contributed by atoms with Crippen LogP contribution in [0.4, 0.5) is 0 Å². The topological polar surface area (TPSA) is 41.3 Å². The highest BCUT2D eigenvalue weighted by molar-refractivity contribution is 5.05. The number of likely N-dealkylation sites (N-methyl/N-ethyl adjacent to an activating group) is 1. The number of hydrogen-bond acceptors (Lipinski definition) is 4. The van der Waals surface area contributed by atoms with E-state index in [1.54, 1.807) is 0 Å². The van der Waals surface area contributed by atoms with E-state index < -0.39 is 0 Å². The first-order chi connectivity index (χ1) is 8.65. The number of hydrogen-bond donors (Lipinski definition) is 1. The van der Waals surface area contributed by atoms with Crippen LogP contribution < -0.4 is 5.32 Å². The zero-order chi connectivity index (χ0) is 13.4. The van der Waals surface area contributed by atoms with Crippen LogP contribution in [-0.4, -0.2) is 29.7 Å². The molecule has 0 saturated carbocycles. The van der Waals surface area contributed by atoms with Gasteiger partial charge in [0.2, 0.25) is 0 Å². The second kappa shape index (κ2) is 8.06. The van der Waals surface area contributed by atoms with Gasteiger partial charge in [0.1, 0.15) is 0 Å². The molecule has 102 valence electrons. The Labute approximate surface area is 110 Å². The van der Waals surface area contributed by atoms with Crippen LogP contribution in [0.25, 0.3) is 0 Å². The predicted molar refractivity (Wildman–Crippen MR) is 74.2 cm³/mol. The van der Waals surface area contributed by atoms with Gasteiger partial charge >= 0.3 is 0 Å². The summed E-state index contributed by atoms with van der Waals surface area (Å²) in [4.78, 5) is 2.25. The molecule has 0 amide bonds. The Hall–Kier alpha value is -1.13. The fourth-order valence-corrected chi connectivity index (χ4v) is 1.71. The summed E-state index contributed by atoms with van der Waals surface area (Å²) in [7, 11) is 0. The normalized spacial score (nSPS) is 11.4. The molecule has 0 aliphatic rings. The lowest BCUT2D eigenvalue weighted by atomic mass is 10.2. The maximum atomic E-state index is 5.33. The van der Waals surface area contributed by atoms with Crippen molar-refractivity contribution in [3.05, 3.63) is 30.2 Å². The largest absolute Gasteiger partial charge is 0.360 e. The molecular weight excluding hydrogens is 226 g/mol. The Morgan fingerprint density at radius 1 is 1.56 bits per heavy atom. The maximum absolute atomic E-state index is 5.33. The van der Waals surface area contributed by atoms with E-state index in [2.05, 4.69) is 42.7 Å². The van der Waals surface area contributed by atoms with Gasteiger partial charge in [-0.15, -0.1) is 6.58 Å². The Bertz CT molecular complexity index is 347. The smallest absolute Gasteiger partial charge is 0.151 e. The lowest BCUT2D eigenvalue weighted by Gasteiger charge is -2.15. The van der Waals surface area contributed by atoms with Gasteiger partial charge in [0.15, 0.2) is 5.76 Å². The Balaban J connectivity index is 2.39. The standard InChI is InChI=1S/C14H25N3O/c1-5-7-17(6-2)11-14-8-13(16-18-14)10-15-9-12(3)4/h5,8,12,15H,1,6-7,9-11H2,2-4H3. The summed E-state index contributed by atoms with van der Waals surface area (Å²) in [6.45, 7) is 14.7. The monoisotopic (exact) mass is 251 g/mol. The highest BCUT2D eigenvalue weighted by Crippen LogP contribution is 2.07. The molecule has 0 atom stereocenters. The molecule has 0 saturated heterocycles. The molecule has 0 radical (unpaired) electrons. The SMILES string of the molecule is C=CCN(CC)Cc1cc(CNCC(C)C)no1. The second-order valence-corrected chi connectivity index (χ2v) is 4.93. The fourth-order valence-electron chi connectivity index (χ4n) is 1.71. The van der Waals surface area contributed by atoms with Gasteiger partial charge < -0.3 is 9.84 Å². The lowest BCUT2D eigenvalue weighted by molar-refractivity contribution is 0.261. The van der Waals surface area contributed by atoms with E-state index in [0.717, 1.165) is 44.2 Å². The average Bonchev–Trinajstić information content (AvgIpc) is 2.76. The molecule has 0 aliphatic heterocycles. The van der Waals surface area contributed by atoms with Gasteiger partial charge in [-0.2, -0.15) is 0 Å². The van der Waals surface area contributed by atoms with Crippen molar-refractivity contribution in [1.29, 1.82) is 0 Å². The first kappa shape index (κ1) is 14.9. The molecule has 4 nitrogen and oxygen atoms in total. The minimum absolute atomic E-state index is 0.652. The predicted octanol–water partition coefficient (Wildman–Crippen LogP) is 2.43. The number of aromatic nitrogens is 1. The summed E-state index contributed by atoms with van der Waals surface area (Å²) in [6, 6.07) is 2.03. The van der Waals surface area contributed by atoms with Crippen molar-refractivity contribution in [1.82, 2.24) is 15.4 Å². The molecule has 18 heavy (non-hydrogen) atoms.